The Balaban J connectivity index is 1.94. The number of anilines is 1. The minimum atomic E-state index is -1.02. The van der Waals surface area contributed by atoms with E-state index >= 15 is 0 Å². The van der Waals surface area contributed by atoms with E-state index < -0.39 is 29.7 Å². The van der Waals surface area contributed by atoms with Gasteiger partial charge in [-0.25, -0.2) is 4.79 Å². The zero-order valence-corrected chi connectivity index (χ0v) is 18.4. The maximum atomic E-state index is 13.2. The maximum absolute atomic E-state index is 13.2. The normalized spacial score (nSPS) is 14.1. The van der Waals surface area contributed by atoms with E-state index in [1.165, 1.54) is 11.3 Å². The molecule has 0 saturated carbocycles. The molecule has 1 aromatic heterocycles. The summed E-state index contributed by atoms with van der Waals surface area (Å²) in [6, 6.07) is 5.50. The van der Waals surface area contributed by atoms with Gasteiger partial charge in [-0.05, 0) is 44.4 Å². The van der Waals surface area contributed by atoms with Gasteiger partial charge >= 0.3 is 5.97 Å². The Hall–Kier alpha value is -3.00. The molecule has 7 nitrogen and oxygen atoms in total. The molecule has 158 valence electrons. The molecule has 1 aromatic carbocycles. The van der Waals surface area contributed by atoms with E-state index in [1.807, 2.05) is 6.92 Å². The summed E-state index contributed by atoms with van der Waals surface area (Å²) < 4.78 is 5.13. The summed E-state index contributed by atoms with van der Waals surface area (Å²) in [5.41, 5.74) is 1.61. The molecule has 1 N–H and O–H groups in total. The van der Waals surface area contributed by atoms with Crippen LogP contribution in [-0.4, -0.2) is 41.2 Å². The average Bonchev–Trinajstić information content (AvgIpc) is 3.10. The zero-order valence-electron chi connectivity index (χ0n) is 17.6. The van der Waals surface area contributed by atoms with Crippen LogP contribution in [0.3, 0.4) is 0 Å². The largest absolute Gasteiger partial charge is 0.462 e. The molecule has 30 heavy (non-hydrogen) atoms. The van der Waals surface area contributed by atoms with Crippen molar-refractivity contribution in [3.05, 3.63) is 51.4 Å². The number of ether oxygens (including phenoxy) is 1. The third kappa shape index (κ3) is 3.63. The average molecular weight is 429 g/mol. The van der Waals surface area contributed by atoms with Crippen molar-refractivity contribution in [3.8, 4) is 0 Å². The van der Waals surface area contributed by atoms with Crippen LogP contribution < -0.4 is 5.32 Å². The van der Waals surface area contributed by atoms with Crippen LogP contribution in [0.2, 0.25) is 0 Å². The molecule has 0 spiro atoms. The van der Waals surface area contributed by atoms with Gasteiger partial charge in [-0.2, -0.15) is 0 Å². The molecule has 3 rings (SSSR count). The van der Waals surface area contributed by atoms with Crippen molar-refractivity contribution in [2.75, 3.05) is 11.9 Å². The second-order valence-electron chi connectivity index (χ2n) is 7.41. The Labute approximate surface area is 179 Å². The van der Waals surface area contributed by atoms with Crippen LogP contribution >= 0.6 is 11.3 Å². The molecule has 8 heteroatoms. The van der Waals surface area contributed by atoms with E-state index in [9.17, 15) is 19.2 Å². The summed E-state index contributed by atoms with van der Waals surface area (Å²) in [6.45, 7) is 9.10. The molecule has 0 saturated heterocycles. The number of benzene rings is 1. The first kappa shape index (κ1) is 21.7. The van der Waals surface area contributed by atoms with Crippen LogP contribution in [0.1, 0.15) is 62.3 Å². The van der Waals surface area contributed by atoms with Gasteiger partial charge in [0.1, 0.15) is 11.0 Å². The lowest BCUT2D eigenvalue weighted by Crippen LogP contribution is -2.50. The zero-order chi connectivity index (χ0) is 22.2. The molecule has 1 aliphatic heterocycles. The van der Waals surface area contributed by atoms with E-state index in [0.717, 1.165) is 15.3 Å². The molecule has 0 bridgehead atoms. The first-order chi connectivity index (χ1) is 14.2. The van der Waals surface area contributed by atoms with Crippen LogP contribution in [0, 0.1) is 19.8 Å². The number of carbonyl (C=O) groups is 4. The highest BCUT2D eigenvalue weighted by molar-refractivity contribution is 7.16. The van der Waals surface area contributed by atoms with Crippen molar-refractivity contribution < 1.29 is 23.9 Å². The highest BCUT2D eigenvalue weighted by atomic mass is 32.1. The standard InChI is InChI=1S/C22H24N2O5S/c1-6-29-22(28)16-12(4)13(5)30-19(16)23-18(25)17(11(2)3)24-20(26)14-9-7-8-10-15(14)21(24)27/h7-11,17H,6H2,1-5H3,(H,23,25)/t17-/m0/s1. The number of thiophene rings is 1. The second-order valence-corrected chi connectivity index (χ2v) is 8.64. The number of carbonyl (C=O) groups excluding carboxylic acids is 4. The minimum absolute atomic E-state index is 0.213. The predicted octanol–water partition coefficient (Wildman–Crippen LogP) is 3.80. The monoisotopic (exact) mass is 428 g/mol. The molecule has 0 unspecified atom stereocenters. The van der Waals surface area contributed by atoms with Gasteiger partial charge in [0.05, 0.1) is 23.3 Å². The van der Waals surface area contributed by atoms with Crippen LogP contribution in [0.25, 0.3) is 0 Å². The summed E-state index contributed by atoms with van der Waals surface area (Å²) in [4.78, 5) is 53.3. The fraction of sp³-hybridized carbons (Fsp3) is 0.364. The van der Waals surface area contributed by atoms with Crippen molar-refractivity contribution in [1.82, 2.24) is 4.90 Å². The van der Waals surface area contributed by atoms with Crippen LogP contribution in [-0.2, 0) is 9.53 Å². The van der Waals surface area contributed by atoms with E-state index in [2.05, 4.69) is 5.32 Å². The Bertz CT molecular complexity index is 1010. The fourth-order valence-corrected chi connectivity index (χ4v) is 4.58. The van der Waals surface area contributed by atoms with Gasteiger partial charge < -0.3 is 10.1 Å². The van der Waals surface area contributed by atoms with Crippen molar-refractivity contribution in [1.29, 1.82) is 0 Å². The summed E-state index contributed by atoms with van der Waals surface area (Å²) in [5.74, 6) is -2.36. The predicted molar refractivity (Wildman–Crippen MR) is 114 cm³/mol. The minimum Gasteiger partial charge on any atom is -0.462 e. The smallest absolute Gasteiger partial charge is 0.341 e. The number of hydrogen-bond donors (Lipinski definition) is 1. The topological polar surface area (TPSA) is 92.8 Å². The number of esters is 1. The van der Waals surface area contributed by atoms with E-state index in [4.69, 9.17) is 4.74 Å². The lowest BCUT2D eigenvalue weighted by molar-refractivity contribution is -0.121. The van der Waals surface area contributed by atoms with E-state index in [0.29, 0.717) is 10.6 Å². The first-order valence-electron chi connectivity index (χ1n) is 9.73. The number of amides is 3. The van der Waals surface area contributed by atoms with Gasteiger partial charge in [0.25, 0.3) is 11.8 Å². The second kappa shape index (κ2) is 8.39. The molecule has 2 heterocycles. The van der Waals surface area contributed by atoms with Gasteiger partial charge in [-0.3, -0.25) is 19.3 Å². The highest BCUT2D eigenvalue weighted by Crippen LogP contribution is 2.34. The van der Waals surface area contributed by atoms with Crippen molar-refractivity contribution in [3.63, 3.8) is 0 Å². The third-order valence-corrected chi connectivity index (χ3v) is 6.23. The van der Waals surface area contributed by atoms with E-state index in [1.54, 1.807) is 52.0 Å². The van der Waals surface area contributed by atoms with Crippen molar-refractivity contribution in [2.24, 2.45) is 5.92 Å². The number of nitrogens with zero attached hydrogens (tertiary/aromatic N) is 1. The van der Waals surface area contributed by atoms with Crippen LogP contribution in [0.5, 0.6) is 0 Å². The number of hydrogen-bond acceptors (Lipinski definition) is 6. The SMILES string of the molecule is CCOC(=O)c1c(NC(=O)[C@H](C(C)C)N2C(=O)c3ccccc3C2=O)sc(C)c1C. The van der Waals surface area contributed by atoms with E-state index in [-0.39, 0.29) is 23.7 Å². The Morgan fingerprint density at radius 2 is 1.67 bits per heavy atom. The molecule has 0 aliphatic carbocycles. The molecule has 1 aliphatic rings. The maximum Gasteiger partial charge on any atom is 0.341 e. The number of fused-ring (bicyclic) bond motifs is 1. The van der Waals surface area contributed by atoms with Gasteiger partial charge in [-0.15, -0.1) is 11.3 Å². The molecule has 1 atom stereocenters. The summed E-state index contributed by atoms with van der Waals surface area (Å²) >= 11 is 1.26. The van der Waals surface area contributed by atoms with Gasteiger partial charge in [0.15, 0.2) is 0 Å². The fourth-order valence-electron chi connectivity index (χ4n) is 3.53. The number of nitrogens with one attached hydrogen (secondary N) is 1. The summed E-state index contributed by atoms with van der Waals surface area (Å²) in [6.07, 6.45) is 0. The quantitative estimate of drug-likeness (QED) is 0.558. The molecule has 0 fully saturated rings. The van der Waals surface area contributed by atoms with Gasteiger partial charge in [-0.1, -0.05) is 26.0 Å². The van der Waals surface area contributed by atoms with Gasteiger partial charge in [0, 0.05) is 4.88 Å². The molecule has 2 aromatic rings. The molecule has 3 amide bonds. The van der Waals surface area contributed by atoms with Crippen molar-refractivity contribution in [2.45, 2.75) is 40.7 Å². The first-order valence-corrected chi connectivity index (χ1v) is 10.6. The Morgan fingerprint density at radius 1 is 1.10 bits per heavy atom. The van der Waals surface area contributed by atoms with Gasteiger partial charge in [0.2, 0.25) is 5.91 Å². The lowest BCUT2D eigenvalue weighted by Gasteiger charge is -2.28. The Morgan fingerprint density at radius 3 is 2.17 bits per heavy atom. The van der Waals surface area contributed by atoms with Crippen molar-refractivity contribution >= 4 is 40.0 Å². The number of aryl methyl sites for hydroxylation is 1. The van der Waals surface area contributed by atoms with Crippen LogP contribution in [0.15, 0.2) is 24.3 Å². The molecular formula is C22H24N2O5S. The number of rotatable bonds is 6. The summed E-state index contributed by atoms with van der Waals surface area (Å²) in [7, 11) is 0. The highest BCUT2D eigenvalue weighted by Gasteiger charge is 2.44. The molecule has 0 radical (unpaired) electrons. The Kier molecular flexibility index (Phi) is 6.07. The number of imide groups is 1. The third-order valence-electron chi connectivity index (χ3n) is 5.11. The molecular weight excluding hydrogens is 404 g/mol. The summed E-state index contributed by atoms with van der Waals surface area (Å²) in [5, 5.41) is 3.13. The van der Waals surface area contributed by atoms with Crippen LogP contribution in [0.4, 0.5) is 5.00 Å². The lowest BCUT2D eigenvalue weighted by atomic mass is 10.0.